The van der Waals surface area contributed by atoms with Crippen molar-refractivity contribution in [2.24, 2.45) is 0 Å². The second-order valence-corrected chi connectivity index (χ2v) is 6.33. The zero-order valence-electron chi connectivity index (χ0n) is 15.2. The van der Waals surface area contributed by atoms with Crippen LogP contribution in [-0.2, 0) is 4.79 Å². The van der Waals surface area contributed by atoms with Crippen LogP contribution in [0.25, 0.3) is 0 Å². The molecule has 7 nitrogen and oxygen atoms in total. The zero-order chi connectivity index (χ0) is 19.8. The fraction of sp³-hybridized carbons (Fsp3) is 0.211. The Hall–Kier alpha value is -3.00. The van der Waals surface area contributed by atoms with E-state index in [1.54, 1.807) is 42.5 Å². The molecule has 0 spiro atoms. The normalized spacial score (nSPS) is 10.0. The minimum Gasteiger partial charge on any atom is -0.493 e. The van der Waals surface area contributed by atoms with Crippen molar-refractivity contribution in [1.29, 1.82) is 0 Å². The predicted octanol–water partition coefficient (Wildman–Crippen LogP) is 2.11. The number of ether oxygens (including phenoxy) is 2. The van der Waals surface area contributed by atoms with E-state index in [9.17, 15) is 14.4 Å². The SMILES string of the molecule is CNC(=O)CNC(=O)c1ccccc1SC(=O)c1ccc(OC)c(OC)c1. The highest BCUT2D eigenvalue weighted by Crippen LogP contribution is 2.31. The third-order valence-corrected chi connectivity index (χ3v) is 4.64. The third kappa shape index (κ3) is 5.24. The number of methoxy groups -OCH3 is 2. The maximum atomic E-state index is 12.6. The number of likely N-dealkylation sites (N-methyl/N-ethyl adjacent to an activating group) is 1. The topological polar surface area (TPSA) is 93.7 Å². The quantitative estimate of drug-likeness (QED) is 0.706. The van der Waals surface area contributed by atoms with Crippen LogP contribution in [0.15, 0.2) is 47.4 Å². The first kappa shape index (κ1) is 20.3. The molecule has 2 aromatic carbocycles. The molecule has 0 aromatic heterocycles. The van der Waals surface area contributed by atoms with Crippen LogP contribution >= 0.6 is 11.8 Å². The molecule has 0 aliphatic carbocycles. The molecule has 27 heavy (non-hydrogen) atoms. The van der Waals surface area contributed by atoms with E-state index in [-0.39, 0.29) is 17.6 Å². The number of hydrogen-bond donors (Lipinski definition) is 2. The summed E-state index contributed by atoms with van der Waals surface area (Å²) in [7, 11) is 4.49. The van der Waals surface area contributed by atoms with Crippen LogP contribution in [0.5, 0.6) is 11.5 Å². The van der Waals surface area contributed by atoms with Crippen LogP contribution in [0.2, 0.25) is 0 Å². The smallest absolute Gasteiger partial charge is 0.252 e. The molecule has 2 amide bonds. The second-order valence-electron chi connectivity index (χ2n) is 5.31. The van der Waals surface area contributed by atoms with Crippen molar-refractivity contribution in [1.82, 2.24) is 10.6 Å². The van der Waals surface area contributed by atoms with Gasteiger partial charge in [0, 0.05) is 17.5 Å². The summed E-state index contributed by atoms with van der Waals surface area (Å²) >= 11 is 0.928. The van der Waals surface area contributed by atoms with Crippen LogP contribution in [0.3, 0.4) is 0 Å². The molecule has 142 valence electrons. The molecule has 0 saturated heterocycles. The van der Waals surface area contributed by atoms with Crippen LogP contribution in [0.1, 0.15) is 20.7 Å². The molecule has 0 unspecified atom stereocenters. The highest BCUT2D eigenvalue weighted by atomic mass is 32.2. The lowest BCUT2D eigenvalue weighted by Gasteiger charge is -2.11. The molecule has 0 fully saturated rings. The van der Waals surface area contributed by atoms with Gasteiger partial charge < -0.3 is 20.1 Å². The van der Waals surface area contributed by atoms with Crippen molar-refractivity contribution < 1.29 is 23.9 Å². The fourth-order valence-electron chi connectivity index (χ4n) is 2.21. The Bertz CT molecular complexity index is 854. The van der Waals surface area contributed by atoms with Crippen molar-refractivity contribution in [3.8, 4) is 11.5 Å². The van der Waals surface area contributed by atoms with Crippen LogP contribution in [0, 0.1) is 0 Å². The fourth-order valence-corrected chi connectivity index (χ4v) is 3.07. The molecular formula is C19H20N2O5S. The number of carbonyl (C=O) groups is 3. The number of carbonyl (C=O) groups excluding carboxylic acids is 3. The maximum absolute atomic E-state index is 12.6. The monoisotopic (exact) mass is 388 g/mol. The van der Waals surface area contributed by atoms with Gasteiger partial charge in [-0.2, -0.15) is 0 Å². The van der Waals surface area contributed by atoms with Gasteiger partial charge in [-0.25, -0.2) is 0 Å². The van der Waals surface area contributed by atoms with E-state index in [4.69, 9.17) is 9.47 Å². The van der Waals surface area contributed by atoms with Gasteiger partial charge in [0.05, 0.1) is 26.3 Å². The Balaban J connectivity index is 2.19. The Labute approximate surface area is 161 Å². The predicted molar refractivity (Wildman–Crippen MR) is 103 cm³/mol. The molecule has 0 saturated carbocycles. The van der Waals surface area contributed by atoms with E-state index < -0.39 is 5.91 Å². The first-order chi connectivity index (χ1) is 13.0. The number of benzene rings is 2. The van der Waals surface area contributed by atoms with Gasteiger partial charge in [0.25, 0.3) is 5.91 Å². The largest absolute Gasteiger partial charge is 0.493 e. The van der Waals surface area contributed by atoms with Gasteiger partial charge in [0.15, 0.2) is 11.5 Å². The highest BCUT2D eigenvalue weighted by molar-refractivity contribution is 8.14. The Morgan fingerprint density at radius 1 is 1.00 bits per heavy atom. The molecule has 0 aliphatic rings. The summed E-state index contributed by atoms with van der Waals surface area (Å²) in [5.41, 5.74) is 0.735. The van der Waals surface area contributed by atoms with Crippen LogP contribution in [-0.4, -0.2) is 44.7 Å². The number of rotatable bonds is 7. The van der Waals surface area contributed by atoms with Gasteiger partial charge in [0.2, 0.25) is 11.0 Å². The lowest BCUT2D eigenvalue weighted by Crippen LogP contribution is -2.35. The minimum absolute atomic E-state index is 0.141. The van der Waals surface area contributed by atoms with Crippen molar-refractivity contribution >= 4 is 28.7 Å². The lowest BCUT2D eigenvalue weighted by atomic mass is 10.2. The van der Waals surface area contributed by atoms with E-state index in [1.807, 2.05) is 0 Å². The first-order valence-corrected chi connectivity index (χ1v) is 8.83. The van der Waals surface area contributed by atoms with Crippen molar-refractivity contribution in [2.75, 3.05) is 27.8 Å². The van der Waals surface area contributed by atoms with Crippen molar-refractivity contribution in [2.45, 2.75) is 4.90 Å². The van der Waals surface area contributed by atoms with Crippen LogP contribution < -0.4 is 20.1 Å². The summed E-state index contributed by atoms with van der Waals surface area (Å²) in [6.45, 7) is -0.141. The molecule has 2 rings (SSSR count). The molecular weight excluding hydrogens is 368 g/mol. The molecule has 2 N–H and O–H groups in total. The third-order valence-electron chi connectivity index (χ3n) is 3.64. The first-order valence-electron chi connectivity index (χ1n) is 8.02. The van der Waals surface area contributed by atoms with E-state index >= 15 is 0 Å². The number of hydrogen-bond acceptors (Lipinski definition) is 6. The Morgan fingerprint density at radius 3 is 2.37 bits per heavy atom. The molecule has 0 atom stereocenters. The van der Waals surface area contributed by atoms with E-state index in [1.165, 1.54) is 21.3 Å². The summed E-state index contributed by atoms with van der Waals surface area (Å²) in [5, 5.41) is 4.70. The maximum Gasteiger partial charge on any atom is 0.252 e. The Morgan fingerprint density at radius 2 is 1.70 bits per heavy atom. The number of thioether (sulfide) groups is 1. The summed E-state index contributed by atoms with van der Waals surface area (Å²) < 4.78 is 10.4. The van der Waals surface area contributed by atoms with E-state index in [0.717, 1.165) is 11.8 Å². The van der Waals surface area contributed by atoms with Gasteiger partial charge >= 0.3 is 0 Å². The molecule has 8 heteroatoms. The van der Waals surface area contributed by atoms with Gasteiger partial charge in [-0.1, -0.05) is 12.1 Å². The zero-order valence-corrected chi connectivity index (χ0v) is 16.0. The summed E-state index contributed by atoms with van der Waals surface area (Å²) in [6, 6.07) is 11.6. The summed E-state index contributed by atoms with van der Waals surface area (Å²) in [6.07, 6.45) is 0. The summed E-state index contributed by atoms with van der Waals surface area (Å²) in [5.74, 6) is 0.227. The van der Waals surface area contributed by atoms with Crippen molar-refractivity contribution in [3.05, 3.63) is 53.6 Å². The minimum atomic E-state index is -0.429. The van der Waals surface area contributed by atoms with E-state index in [2.05, 4.69) is 10.6 Å². The Kier molecular flexibility index (Phi) is 7.25. The molecule has 2 aromatic rings. The molecule has 0 heterocycles. The van der Waals surface area contributed by atoms with Gasteiger partial charge in [0.1, 0.15) is 0 Å². The van der Waals surface area contributed by atoms with Gasteiger partial charge in [-0.3, -0.25) is 14.4 Å². The van der Waals surface area contributed by atoms with Gasteiger partial charge in [-0.15, -0.1) is 0 Å². The molecule has 0 radical (unpaired) electrons. The average Bonchev–Trinajstić information content (AvgIpc) is 2.71. The lowest BCUT2D eigenvalue weighted by molar-refractivity contribution is -0.119. The standard InChI is InChI=1S/C19H20N2O5S/c1-20-17(22)11-21-18(23)13-6-4-5-7-16(13)27-19(24)12-8-9-14(25-2)15(10-12)26-3/h4-10H,11H2,1-3H3,(H,20,22)(H,21,23). The van der Waals surface area contributed by atoms with Gasteiger partial charge in [-0.05, 0) is 42.1 Å². The van der Waals surface area contributed by atoms with E-state index in [0.29, 0.717) is 27.5 Å². The van der Waals surface area contributed by atoms with Crippen molar-refractivity contribution in [3.63, 3.8) is 0 Å². The summed E-state index contributed by atoms with van der Waals surface area (Å²) in [4.78, 5) is 36.8. The number of amides is 2. The molecule has 0 bridgehead atoms. The second kappa shape index (κ2) is 9.63. The van der Waals surface area contributed by atoms with Crippen LogP contribution in [0.4, 0.5) is 0 Å². The molecule has 0 aliphatic heterocycles. The number of nitrogens with one attached hydrogen (secondary N) is 2. The highest BCUT2D eigenvalue weighted by Gasteiger charge is 2.17. The average molecular weight is 388 g/mol.